The van der Waals surface area contributed by atoms with Crippen molar-refractivity contribution in [2.45, 2.75) is 45.6 Å². The lowest BCUT2D eigenvalue weighted by Crippen LogP contribution is -2.63. The van der Waals surface area contributed by atoms with Gasteiger partial charge in [0.1, 0.15) is 23.0 Å². The first-order valence-corrected chi connectivity index (χ1v) is 12.2. The first-order valence-electron chi connectivity index (χ1n) is 10.4. The Morgan fingerprint density at radius 2 is 1.94 bits per heavy atom. The summed E-state index contributed by atoms with van der Waals surface area (Å²) in [5.41, 5.74) is 0.197. The smallest absolute Gasteiger partial charge is 0.270 e. The summed E-state index contributed by atoms with van der Waals surface area (Å²) in [4.78, 5) is 17.0. The highest BCUT2D eigenvalue weighted by Gasteiger charge is 2.46. The first-order chi connectivity index (χ1) is 15.4. The average molecular weight is 479 g/mol. The number of halogens is 2. The molecule has 0 aliphatic carbocycles. The van der Waals surface area contributed by atoms with E-state index in [0.717, 1.165) is 0 Å². The fraction of sp³-hybridized carbons (Fsp3) is 0.409. The second kappa shape index (κ2) is 8.05. The third kappa shape index (κ3) is 4.54. The first kappa shape index (κ1) is 23.1. The van der Waals surface area contributed by atoms with Crippen molar-refractivity contribution in [3.05, 3.63) is 42.0 Å². The number of nitrogens with one attached hydrogen (secondary N) is 1. The van der Waals surface area contributed by atoms with Crippen molar-refractivity contribution in [2.24, 2.45) is 0 Å². The molecular weight excluding hydrogens is 454 g/mol. The molecule has 8 nitrogen and oxygen atoms in total. The van der Waals surface area contributed by atoms with Crippen LogP contribution in [0.2, 0.25) is 0 Å². The molecule has 0 saturated carbocycles. The van der Waals surface area contributed by atoms with E-state index in [0.29, 0.717) is 10.9 Å². The molecular formula is C22H24F2N4O4S. The molecule has 3 aromatic rings. The van der Waals surface area contributed by atoms with Gasteiger partial charge in [-0.2, -0.15) is 5.10 Å². The Balaban J connectivity index is 1.75. The number of ether oxygens (including phenoxy) is 1. The molecule has 0 spiro atoms. The number of alkyl halides is 1. The number of hydrogen-bond acceptors (Lipinski definition) is 6. The lowest BCUT2D eigenvalue weighted by Gasteiger charge is -2.38. The van der Waals surface area contributed by atoms with E-state index in [4.69, 9.17) is 4.74 Å². The van der Waals surface area contributed by atoms with Crippen molar-refractivity contribution < 1.29 is 26.7 Å². The Hall–Kier alpha value is -3.08. The summed E-state index contributed by atoms with van der Waals surface area (Å²) in [6, 6.07) is 5.30. The number of carbonyl (C=O) groups is 1. The zero-order valence-electron chi connectivity index (χ0n) is 18.6. The third-order valence-corrected chi connectivity index (χ3v) is 7.45. The van der Waals surface area contributed by atoms with Crippen LogP contribution in [0.15, 0.2) is 30.5 Å². The molecule has 1 aliphatic heterocycles. The van der Waals surface area contributed by atoms with Gasteiger partial charge in [0, 0.05) is 30.1 Å². The molecule has 0 bridgehead atoms. The number of pyridine rings is 1. The van der Waals surface area contributed by atoms with Crippen molar-refractivity contribution in [2.75, 3.05) is 11.5 Å². The van der Waals surface area contributed by atoms with Crippen molar-refractivity contribution >= 4 is 26.6 Å². The zero-order chi connectivity index (χ0) is 24.1. The van der Waals surface area contributed by atoms with Crippen LogP contribution in [-0.4, -0.2) is 52.5 Å². The van der Waals surface area contributed by atoms with Gasteiger partial charge < -0.3 is 10.1 Å². The van der Waals surface area contributed by atoms with E-state index in [9.17, 15) is 22.0 Å². The largest absolute Gasteiger partial charge is 0.461 e. The number of benzene rings is 1. The van der Waals surface area contributed by atoms with Gasteiger partial charge in [0.05, 0.1) is 22.6 Å². The Kier molecular flexibility index (Phi) is 5.63. The predicted octanol–water partition coefficient (Wildman–Crippen LogP) is 3.43. The zero-order valence-corrected chi connectivity index (χ0v) is 19.4. The van der Waals surface area contributed by atoms with Crippen LogP contribution in [0.1, 0.15) is 44.2 Å². The van der Waals surface area contributed by atoms with Crippen molar-refractivity contribution in [1.82, 2.24) is 20.1 Å². The lowest BCUT2D eigenvalue weighted by molar-refractivity contribution is 0.0859. The molecule has 1 N–H and O–H groups in total. The van der Waals surface area contributed by atoms with Gasteiger partial charge in [-0.1, -0.05) is 0 Å². The number of fused-ring (bicyclic) bond motifs is 1. The fourth-order valence-electron chi connectivity index (χ4n) is 4.03. The molecule has 0 radical (unpaired) electrons. The molecule has 3 heterocycles. The van der Waals surface area contributed by atoms with Crippen LogP contribution in [-0.2, 0) is 9.84 Å². The molecule has 1 saturated heterocycles. The number of rotatable bonds is 6. The molecule has 11 heteroatoms. The summed E-state index contributed by atoms with van der Waals surface area (Å²) in [5.74, 6) is -1.17. The lowest BCUT2D eigenvalue weighted by atomic mass is 10.1. The second-order valence-corrected chi connectivity index (χ2v) is 10.9. The predicted molar refractivity (Wildman–Crippen MR) is 119 cm³/mol. The SMILES string of the molecule is CC(F)Oc1ccc(F)c(-c2nn(C(C)C)c3cc(C(=O)NC4(C)CS(=O)(=O)C4)ncc23)c1. The fourth-order valence-corrected chi connectivity index (χ4v) is 6.04. The maximum atomic E-state index is 14.7. The van der Waals surface area contributed by atoms with Crippen LogP contribution in [0.3, 0.4) is 0 Å². The summed E-state index contributed by atoms with van der Waals surface area (Å²) < 4.78 is 57.7. The van der Waals surface area contributed by atoms with Crippen LogP contribution in [0.4, 0.5) is 8.78 Å². The van der Waals surface area contributed by atoms with Gasteiger partial charge in [-0.25, -0.2) is 17.2 Å². The number of aromatic nitrogens is 3. The summed E-state index contributed by atoms with van der Waals surface area (Å²) in [7, 11) is -3.13. The van der Waals surface area contributed by atoms with Gasteiger partial charge in [-0.3, -0.25) is 14.5 Å². The topological polar surface area (TPSA) is 103 Å². The Bertz CT molecular complexity index is 1340. The number of sulfone groups is 1. The maximum Gasteiger partial charge on any atom is 0.270 e. The summed E-state index contributed by atoms with van der Waals surface area (Å²) >= 11 is 0. The Morgan fingerprint density at radius 1 is 1.24 bits per heavy atom. The van der Waals surface area contributed by atoms with E-state index in [1.165, 1.54) is 31.3 Å². The number of carbonyl (C=O) groups excluding carboxylic acids is 1. The number of hydrogen-bond donors (Lipinski definition) is 1. The van der Waals surface area contributed by atoms with E-state index in [1.54, 1.807) is 17.7 Å². The van der Waals surface area contributed by atoms with Gasteiger partial charge in [-0.15, -0.1) is 0 Å². The molecule has 176 valence electrons. The Labute approximate surface area is 189 Å². The standard InChI is InChI=1S/C22H24F2N4O4S/c1-12(2)28-19-8-18(21(29)26-22(4)10-33(30,31)11-22)25-9-16(19)20(27-28)15-7-14(32-13(3)23)5-6-17(15)24/h5-9,12-13H,10-11H2,1-4H3,(H,26,29). The van der Waals surface area contributed by atoms with Crippen LogP contribution >= 0.6 is 0 Å². The molecule has 1 atom stereocenters. The highest BCUT2D eigenvalue weighted by molar-refractivity contribution is 7.93. The molecule has 2 aromatic heterocycles. The summed E-state index contributed by atoms with van der Waals surface area (Å²) in [6.07, 6.45) is -0.140. The molecule has 1 aromatic carbocycles. The highest BCUT2D eigenvalue weighted by Crippen LogP contribution is 2.34. The van der Waals surface area contributed by atoms with Gasteiger partial charge in [0.25, 0.3) is 5.91 Å². The van der Waals surface area contributed by atoms with Crippen molar-refractivity contribution in [1.29, 1.82) is 0 Å². The van der Waals surface area contributed by atoms with E-state index >= 15 is 0 Å². The minimum absolute atomic E-state index is 0.0881. The van der Waals surface area contributed by atoms with E-state index < -0.39 is 33.5 Å². The molecule has 33 heavy (non-hydrogen) atoms. The van der Waals surface area contributed by atoms with E-state index in [-0.39, 0.29) is 40.2 Å². The van der Waals surface area contributed by atoms with Crippen LogP contribution in [0, 0.1) is 5.82 Å². The van der Waals surface area contributed by atoms with Crippen molar-refractivity contribution in [3.8, 4) is 17.0 Å². The highest BCUT2D eigenvalue weighted by atomic mass is 32.2. The molecule has 1 unspecified atom stereocenters. The van der Waals surface area contributed by atoms with Crippen LogP contribution in [0.5, 0.6) is 5.75 Å². The molecule has 1 amide bonds. The number of nitrogens with zero attached hydrogens (tertiary/aromatic N) is 3. The van der Waals surface area contributed by atoms with Gasteiger partial charge in [-0.05, 0) is 45.0 Å². The van der Waals surface area contributed by atoms with Crippen molar-refractivity contribution in [3.63, 3.8) is 0 Å². The van der Waals surface area contributed by atoms with Gasteiger partial charge in [0.2, 0.25) is 6.36 Å². The minimum Gasteiger partial charge on any atom is -0.461 e. The van der Waals surface area contributed by atoms with Gasteiger partial charge >= 0.3 is 0 Å². The second-order valence-electron chi connectivity index (χ2n) is 8.82. The average Bonchev–Trinajstić information content (AvgIpc) is 3.06. The third-order valence-electron chi connectivity index (χ3n) is 5.30. The minimum atomic E-state index is -3.13. The van der Waals surface area contributed by atoms with E-state index in [1.807, 2.05) is 13.8 Å². The summed E-state index contributed by atoms with van der Waals surface area (Å²) in [5, 5.41) is 7.77. The van der Waals surface area contributed by atoms with Gasteiger partial charge in [0.15, 0.2) is 9.84 Å². The van der Waals surface area contributed by atoms with Crippen LogP contribution < -0.4 is 10.1 Å². The summed E-state index contributed by atoms with van der Waals surface area (Å²) in [6.45, 7) is 6.66. The molecule has 1 fully saturated rings. The molecule has 4 rings (SSSR count). The normalized spacial score (nSPS) is 17.5. The van der Waals surface area contributed by atoms with Crippen LogP contribution in [0.25, 0.3) is 22.2 Å². The quantitative estimate of drug-likeness (QED) is 0.582. The maximum absolute atomic E-state index is 14.7. The van der Waals surface area contributed by atoms with E-state index in [2.05, 4.69) is 15.4 Å². The monoisotopic (exact) mass is 478 g/mol. The Morgan fingerprint density at radius 3 is 2.55 bits per heavy atom. The molecule has 1 aliphatic rings. The number of amides is 1.